The monoisotopic (exact) mass is 258 g/mol. The third-order valence-electron chi connectivity index (χ3n) is 3.35. The number of nitrogens with zero attached hydrogens (tertiary/aromatic N) is 1. The highest BCUT2D eigenvalue weighted by Crippen LogP contribution is 2.32. The molecule has 0 saturated carbocycles. The number of hydrogen-bond donors (Lipinski definition) is 1. The van der Waals surface area contributed by atoms with Crippen molar-refractivity contribution in [3.05, 3.63) is 59.9 Å². The van der Waals surface area contributed by atoms with Gasteiger partial charge in [0.05, 0.1) is 5.69 Å². The number of hydrogen-bond acceptors (Lipinski definition) is 2. The van der Waals surface area contributed by atoms with Gasteiger partial charge in [0.1, 0.15) is 5.82 Å². The van der Waals surface area contributed by atoms with Gasteiger partial charge in [-0.15, -0.1) is 0 Å². The van der Waals surface area contributed by atoms with Gasteiger partial charge in [-0.1, -0.05) is 37.3 Å². The molecule has 0 radical (unpaired) electrons. The van der Waals surface area contributed by atoms with Crippen molar-refractivity contribution < 1.29 is 4.39 Å². The number of benzene rings is 2. The van der Waals surface area contributed by atoms with Crippen LogP contribution < -0.4 is 10.6 Å². The molecule has 0 spiro atoms. The third kappa shape index (κ3) is 2.76. The average Bonchev–Trinajstić information content (AvgIpc) is 2.46. The molecular formula is C16H19FN2. The summed E-state index contributed by atoms with van der Waals surface area (Å²) in [7, 11) is 1.86. The molecule has 3 heteroatoms. The van der Waals surface area contributed by atoms with Gasteiger partial charge in [0, 0.05) is 18.8 Å². The summed E-state index contributed by atoms with van der Waals surface area (Å²) in [5.74, 6) is -0.232. The maximum atomic E-state index is 13.9. The highest BCUT2D eigenvalue weighted by atomic mass is 19.1. The Bertz CT molecular complexity index is 554. The maximum Gasteiger partial charge on any atom is 0.146 e. The third-order valence-corrected chi connectivity index (χ3v) is 3.35. The minimum atomic E-state index is -0.232. The summed E-state index contributed by atoms with van der Waals surface area (Å²) in [5, 5.41) is 0. The summed E-state index contributed by atoms with van der Waals surface area (Å²) in [4.78, 5) is 1.85. The second-order valence-corrected chi connectivity index (χ2v) is 4.58. The molecular weight excluding hydrogens is 239 g/mol. The van der Waals surface area contributed by atoms with Gasteiger partial charge in [-0.3, -0.25) is 0 Å². The Morgan fingerprint density at radius 2 is 1.63 bits per heavy atom. The van der Waals surface area contributed by atoms with E-state index in [0.717, 1.165) is 17.7 Å². The Labute approximate surface area is 113 Å². The lowest BCUT2D eigenvalue weighted by Gasteiger charge is -2.25. The highest BCUT2D eigenvalue weighted by molar-refractivity contribution is 5.66. The van der Waals surface area contributed by atoms with E-state index in [1.54, 1.807) is 12.1 Å². The van der Waals surface area contributed by atoms with Gasteiger partial charge in [-0.2, -0.15) is 0 Å². The van der Waals surface area contributed by atoms with Crippen LogP contribution in [0.4, 0.5) is 15.8 Å². The van der Waals surface area contributed by atoms with Crippen molar-refractivity contribution in [3.63, 3.8) is 0 Å². The molecule has 19 heavy (non-hydrogen) atoms. The average molecular weight is 258 g/mol. The summed E-state index contributed by atoms with van der Waals surface area (Å²) in [6, 6.07) is 14.6. The van der Waals surface area contributed by atoms with Crippen LogP contribution in [0.3, 0.4) is 0 Å². The summed E-state index contributed by atoms with van der Waals surface area (Å²) >= 11 is 0. The lowest BCUT2D eigenvalue weighted by atomic mass is 10.0. The zero-order chi connectivity index (χ0) is 13.8. The van der Waals surface area contributed by atoms with Gasteiger partial charge in [-0.25, -0.2) is 4.39 Å². The SMILES string of the molecule is CCC(N)c1ccccc1N(C)c1ccccc1F. The minimum Gasteiger partial charge on any atom is -0.342 e. The first-order valence-electron chi connectivity index (χ1n) is 6.48. The van der Waals surface area contributed by atoms with E-state index in [-0.39, 0.29) is 11.9 Å². The zero-order valence-corrected chi connectivity index (χ0v) is 11.3. The van der Waals surface area contributed by atoms with Gasteiger partial charge < -0.3 is 10.6 Å². The number of nitrogens with two attached hydrogens (primary N) is 1. The van der Waals surface area contributed by atoms with Gasteiger partial charge in [-0.05, 0) is 30.2 Å². The molecule has 2 rings (SSSR count). The second-order valence-electron chi connectivity index (χ2n) is 4.58. The van der Waals surface area contributed by atoms with E-state index in [4.69, 9.17) is 5.73 Å². The van der Waals surface area contributed by atoms with Crippen LogP contribution in [0.2, 0.25) is 0 Å². The molecule has 0 aromatic heterocycles. The molecule has 1 atom stereocenters. The van der Waals surface area contributed by atoms with Crippen LogP contribution in [0.25, 0.3) is 0 Å². The Morgan fingerprint density at radius 1 is 1.05 bits per heavy atom. The quantitative estimate of drug-likeness (QED) is 0.898. The van der Waals surface area contributed by atoms with Crippen molar-refractivity contribution in [1.82, 2.24) is 0 Å². The molecule has 2 nitrogen and oxygen atoms in total. The number of anilines is 2. The van der Waals surface area contributed by atoms with Crippen LogP contribution in [-0.4, -0.2) is 7.05 Å². The van der Waals surface area contributed by atoms with Crippen molar-refractivity contribution >= 4 is 11.4 Å². The topological polar surface area (TPSA) is 29.3 Å². The van der Waals surface area contributed by atoms with E-state index < -0.39 is 0 Å². The lowest BCUT2D eigenvalue weighted by molar-refractivity contribution is 0.627. The zero-order valence-electron chi connectivity index (χ0n) is 11.3. The van der Waals surface area contributed by atoms with Gasteiger partial charge in [0.15, 0.2) is 0 Å². The van der Waals surface area contributed by atoms with E-state index in [1.165, 1.54) is 6.07 Å². The van der Waals surface area contributed by atoms with Crippen molar-refractivity contribution in [1.29, 1.82) is 0 Å². The van der Waals surface area contributed by atoms with Crippen molar-refractivity contribution in [3.8, 4) is 0 Å². The molecule has 0 saturated heterocycles. The number of para-hydroxylation sites is 2. The van der Waals surface area contributed by atoms with Crippen molar-refractivity contribution in [2.45, 2.75) is 19.4 Å². The van der Waals surface area contributed by atoms with Crippen LogP contribution >= 0.6 is 0 Å². The minimum absolute atomic E-state index is 0.0366. The number of rotatable bonds is 4. The molecule has 2 N–H and O–H groups in total. The van der Waals surface area contributed by atoms with Crippen LogP contribution in [0.1, 0.15) is 24.9 Å². The van der Waals surface area contributed by atoms with Crippen LogP contribution in [0.15, 0.2) is 48.5 Å². The van der Waals surface area contributed by atoms with Crippen LogP contribution in [-0.2, 0) is 0 Å². The smallest absolute Gasteiger partial charge is 0.146 e. The van der Waals surface area contributed by atoms with Gasteiger partial charge in [0.2, 0.25) is 0 Å². The maximum absolute atomic E-state index is 13.9. The van der Waals surface area contributed by atoms with E-state index >= 15 is 0 Å². The molecule has 0 aliphatic heterocycles. The molecule has 2 aromatic carbocycles. The molecule has 1 unspecified atom stereocenters. The fraction of sp³-hybridized carbons (Fsp3) is 0.250. The largest absolute Gasteiger partial charge is 0.342 e. The van der Waals surface area contributed by atoms with E-state index in [2.05, 4.69) is 0 Å². The molecule has 0 heterocycles. The molecule has 0 amide bonds. The molecule has 100 valence electrons. The highest BCUT2D eigenvalue weighted by Gasteiger charge is 2.15. The fourth-order valence-electron chi connectivity index (χ4n) is 2.18. The van der Waals surface area contributed by atoms with E-state index in [9.17, 15) is 4.39 Å². The summed E-state index contributed by atoms with van der Waals surface area (Å²) in [6.07, 6.45) is 0.849. The lowest BCUT2D eigenvalue weighted by Crippen LogP contribution is -2.17. The Kier molecular flexibility index (Phi) is 4.17. The normalized spacial score (nSPS) is 12.2. The first-order valence-corrected chi connectivity index (χ1v) is 6.48. The summed E-state index contributed by atoms with van der Waals surface area (Å²) in [5.41, 5.74) is 8.67. The molecule has 0 aliphatic rings. The summed E-state index contributed by atoms with van der Waals surface area (Å²) in [6.45, 7) is 2.05. The standard InChI is InChI=1S/C16H19FN2/c1-3-14(18)12-8-4-6-10-15(12)19(2)16-11-7-5-9-13(16)17/h4-11,14H,3,18H2,1-2H3. The first-order chi connectivity index (χ1) is 9.15. The Balaban J connectivity index is 2.45. The summed E-state index contributed by atoms with van der Waals surface area (Å²) < 4.78 is 13.9. The van der Waals surface area contributed by atoms with Crippen LogP contribution in [0, 0.1) is 5.82 Å². The Morgan fingerprint density at radius 3 is 2.26 bits per heavy atom. The molecule has 0 bridgehead atoms. The van der Waals surface area contributed by atoms with E-state index in [0.29, 0.717) is 5.69 Å². The van der Waals surface area contributed by atoms with Gasteiger partial charge in [0.25, 0.3) is 0 Å². The number of halogens is 1. The predicted octanol–water partition coefficient (Wildman–Crippen LogP) is 4.00. The predicted molar refractivity (Wildman–Crippen MR) is 78.1 cm³/mol. The molecule has 0 fully saturated rings. The van der Waals surface area contributed by atoms with Crippen molar-refractivity contribution in [2.24, 2.45) is 5.73 Å². The first kappa shape index (κ1) is 13.6. The fourth-order valence-corrected chi connectivity index (χ4v) is 2.18. The second kappa shape index (κ2) is 5.85. The van der Waals surface area contributed by atoms with Crippen LogP contribution in [0.5, 0.6) is 0 Å². The molecule has 2 aromatic rings. The molecule has 0 aliphatic carbocycles. The Hall–Kier alpha value is -1.87. The van der Waals surface area contributed by atoms with Crippen molar-refractivity contribution in [2.75, 3.05) is 11.9 Å². The van der Waals surface area contributed by atoms with Gasteiger partial charge >= 0.3 is 0 Å². The van der Waals surface area contributed by atoms with E-state index in [1.807, 2.05) is 49.2 Å².